The molecule has 3 aromatic carbocycles. The maximum absolute atomic E-state index is 13.7. The highest BCUT2D eigenvalue weighted by Crippen LogP contribution is 2.56. The molecule has 350 valence electrons. The molecule has 1 fully saturated rings. The molecule has 0 spiro atoms. The summed E-state index contributed by atoms with van der Waals surface area (Å²) in [6.07, 6.45) is 19.3. The van der Waals surface area contributed by atoms with Gasteiger partial charge in [-0.25, -0.2) is 0 Å². The Labute approximate surface area is 407 Å². The van der Waals surface area contributed by atoms with Crippen molar-refractivity contribution in [2.75, 3.05) is 0 Å². The smallest absolute Gasteiger partial charge is 0.163 e. The number of aliphatic hydroxyl groups is 1. The number of fused-ring (bicyclic) bond motifs is 4. The Hall–Kier alpha value is -5.82. The Morgan fingerprint density at radius 1 is 0.928 bits per heavy atom. The summed E-state index contributed by atoms with van der Waals surface area (Å²) in [5, 5.41) is 22.6. The van der Waals surface area contributed by atoms with Crippen molar-refractivity contribution in [3.8, 4) is 0 Å². The number of rotatable bonds is 6. The fraction of sp³-hybridized carbons (Fsp3) is 0.379. The van der Waals surface area contributed by atoms with Gasteiger partial charge in [-0.1, -0.05) is 72.4 Å². The maximum Gasteiger partial charge on any atom is 0.163 e. The minimum absolute atomic E-state index is 0.0141. The van der Waals surface area contributed by atoms with E-state index in [1.807, 2.05) is 25.1 Å². The number of nitrogens with two attached hydrogens (primary N) is 3. The van der Waals surface area contributed by atoms with Gasteiger partial charge < -0.3 is 27.7 Å². The molecule has 11 heteroatoms. The van der Waals surface area contributed by atoms with E-state index in [1.165, 1.54) is 11.1 Å². The number of thiophene rings is 1. The second-order valence-corrected chi connectivity index (χ2v) is 21.7. The van der Waals surface area contributed by atoms with E-state index in [2.05, 4.69) is 68.5 Å². The minimum Gasteiger partial charge on any atom is -0.389 e. The summed E-state index contributed by atoms with van der Waals surface area (Å²) < 4.78 is 0. The number of aryl methyl sites for hydroxylation is 1. The van der Waals surface area contributed by atoms with Gasteiger partial charge in [0.1, 0.15) is 0 Å². The van der Waals surface area contributed by atoms with E-state index in [-0.39, 0.29) is 41.7 Å². The highest BCUT2D eigenvalue weighted by Gasteiger charge is 2.52. The molecule has 0 saturated heterocycles. The van der Waals surface area contributed by atoms with Crippen LogP contribution in [0.5, 0.6) is 0 Å². The Morgan fingerprint density at radius 3 is 2.48 bits per heavy atom. The third kappa shape index (κ3) is 6.64. The molecule has 0 bridgehead atoms. The van der Waals surface area contributed by atoms with Crippen molar-refractivity contribution in [3.63, 3.8) is 0 Å². The van der Waals surface area contributed by atoms with Crippen LogP contribution in [0.3, 0.4) is 0 Å². The van der Waals surface area contributed by atoms with Crippen molar-refractivity contribution < 1.29 is 14.7 Å². The van der Waals surface area contributed by atoms with E-state index in [1.54, 1.807) is 18.3 Å². The summed E-state index contributed by atoms with van der Waals surface area (Å²) in [7, 11) is 0. The fourth-order valence-corrected chi connectivity index (χ4v) is 15.0. The predicted molar refractivity (Wildman–Crippen MR) is 278 cm³/mol. The van der Waals surface area contributed by atoms with Gasteiger partial charge in [0.2, 0.25) is 0 Å². The third-order valence-corrected chi connectivity index (χ3v) is 18.5. The fourth-order valence-electron chi connectivity index (χ4n) is 13.4. The first-order valence-corrected chi connectivity index (χ1v) is 25.7. The minimum atomic E-state index is -0.766. The van der Waals surface area contributed by atoms with Gasteiger partial charge in [0, 0.05) is 62.5 Å². The number of nitrogens with zero attached hydrogens (tertiary/aromatic N) is 3. The topological polar surface area (TPSA) is 193 Å². The van der Waals surface area contributed by atoms with E-state index in [9.17, 15) is 20.1 Å². The first-order valence-electron chi connectivity index (χ1n) is 24.9. The van der Waals surface area contributed by atoms with Gasteiger partial charge in [-0.2, -0.15) is 0 Å². The Bertz CT molecular complexity index is 3250. The number of allylic oxidation sites excluding steroid dienone is 7. The van der Waals surface area contributed by atoms with Crippen molar-refractivity contribution in [1.82, 2.24) is 0 Å². The summed E-state index contributed by atoms with van der Waals surface area (Å²) in [5.74, 6) is -0.492. The SMILES string of the molecule is Cc1c(C2CC(N=C3c4ccc(C)c5c(C=O)ccc(c45)C3N)C(C3=CC=CCC3)=CC2=N)sc(C2C3=NC4c5ccc(C(C)O)c6c5C(CCC6=O)C4N=C3/C(=C3\CC=CCC3)C(N)C2N)c1C. The number of carbonyl (C=O) groups excluding carboxylic acids is 2. The van der Waals surface area contributed by atoms with Crippen molar-refractivity contribution in [2.45, 2.75) is 139 Å². The van der Waals surface area contributed by atoms with Gasteiger partial charge in [-0.05, 0) is 145 Å². The molecule has 2 heterocycles. The van der Waals surface area contributed by atoms with Crippen LogP contribution < -0.4 is 17.2 Å². The number of ketones is 1. The van der Waals surface area contributed by atoms with Crippen LogP contribution in [0.25, 0.3) is 10.8 Å². The van der Waals surface area contributed by atoms with Crippen molar-refractivity contribution in [1.29, 1.82) is 5.41 Å². The Kier molecular flexibility index (Phi) is 10.7. The molecular formula is C58H59N7O3S. The lowest BCUT2D eigenvalue weighted by molar-refractivity contribution is 0.0958. The average Bonchev–Trinajstić information content (AvgIpc) is 3.94. The number of aliphatic imine (C=N–C) groups is 3. The molecule has 1 saturated carbocycles. The van der Waals surface area contributed by atoms with Gasteiger partial charge in [-0.15, -0.1) is 11.3 Å². The summed E-state index contributed by atoms with van der Waals surface area (Å²) in [5.41, 5.74) is 39.0. The van der Waals surface area contributed by atoms with Crippen LogP contribution in [-0.2, 0) is 0 Å². The van der Waals surface area contributed by atoms with Crippen LogP contribution in [0.15, 0.2) is 110 Å². The second-order valence-electron chi connectivity index (χ2n) is 20.6. The molecule has 10 nitrogen and oxygen atoms in total. The second kappa shape index (κ2) is 16.7. The maximum atomic E-state index is 13.7. The van der Waals surface area contributed by atoms with Gasteiger partial charge >= 0.3 is 0 Å². The highest BCUT2D eigenvalue weighted by molar-refractivity contribution is 7.13. The summed E-state index contributed by atoms with van der Waals surface area (Å²) >= 11 is 1.74. The number of hydrogen-bond acceptors (Lipinski definition) is 11. The quantitative estimate of drug-likeness (QED) is 0.0943. The highest BCUT2D eigenvalue weighted by atomic mass is 32.1. The summed E-state index contributed by atoms with van der Waals surface area (Å²) in [6, 6.07) is 9.88. The van der Waals surface area contributed by atoms with Gasteiger partial charge in [0.05, 0.1) is 53.3 Å². The molecule has 69 heavy (non-hydrogen) atoms. The number of hydrogen-bond donors (Lipinski definition) is 5. The van der Waals surface area contributed by atoms with Crippen molar-refractivity contribution in [2.24, 2.45) is 32.2 Å². The summed E-state index contributed by atoms with van der Waals surface area (Å²) in [6.45, 7) is 8.13. The van der Waals surface area contributed by atoms with Crippen LogP contribution in [0, 0.1) is 26.2 Å². The summed E-state index contributed by atoms with van der Waals surface area (Å²) in [4.78, 5) is 45.3. The number of aldehydes is 1. The van der Waals surface area contributed by atoms with E-state index in [0.29, 0.717) is 41.7 Å². The van der Waals surface area contributed by atoms with Gasteiger partial charge in [0.15, 0.2) is 12.1 Å². The van der Waals surface area contributed by atoms with Crippen LogP contribution in [0.2, 0.25) is 0 Å². The number of aliphatic hydroxyl groups excluding tert-OH is 1. The average molecular weight is 934 g/mol. The zero-order valence-electron chi connectivity index (χ0n) is 39.7. The first-order chi connectivity index (χ1) is 33.4. The molecule has 8 N–H and O–H groups in total. The van der Waals surface area contributed by atoms with Crippen LogP contribution in [0.1, 0.15) is 169 Å². The molecule has 7 aliphatic carbocycles. The molecular weight excluding hydrogens is 875 g/mol. The molecule has 4 aromatic rings. The van der Waals surface area contributed by atoms with Gasteiger partial charge in [0.25, 0.3) is 0 Å². The van der Waals surface area contributed by atoms with Gasteiger partial charge in [-0.3, -0.25) is 24.6 Å². The molecule has 0 radical (unpaired) electrons. The lowest BCUT2D eigenvalue weighted by atomic mass is 9.70. The van der Waals surface area contributed by atoms with E-state index < -0.39 is 24.2 Å². The van der Waals surface area contributed by atoms with Crippen LogP contribution in [0.4, 0.5) is 0 Å². The molecule has 10 unspecified atom stereocenters. The lowest BCUT2D eigenvalue weighted by Gasteiger charge is -2.42. The number of benzene rings is 3. The van der Waals surface area contributed by atoms with Crippen molar-refractivity contribution >= 4 is 57.0 Å². The molecule has 12 rings (SSSR count). The lowest BCUT2D eigenvalue weighted by Crippen LogP contribution is -2.58. The normalized spacial score (nSPS) is 31.0. The van der Waals surface area contributed by atoms with E-state index >= 15 is 0 Å². The Morgan fingerprint density at radius 2 is 1.72 bits per heavy atom. The van der Waals surface area contributed by atoms with E-state index in [4.69, 9.17) is 32.2 Å². The molecule has 1 aliphatic heterocycles. The molecule has 10 atom stereocenters. The number of Topliss-reactive ketones (excluding diaryl/α,β-unsaturated/α-hetero) is 1. The third-order valence-electron chi connectivity index (χ3n) is 16.9. The largest absolute Gasteiger partial charge is 0.389 e. The van der Waals surface area contributed by atoms with Crippen molar-refractivity contribution in [3.05, 3.63) is 161 Å². The molecule has 8 aliphatic rings. The predicted octanol–water partition coefficient (Wildman–Crippen LogP) is 10.1. The molecule has 1 aromatic heterocycles. The zero-order valence-corrected chi connectivity index (χ0v) is 40.5. The number of nitrogens with one attached hydrogen (secondary N) is 1. The number of carbonyl (C=O) groups is 2. The first kappa shape index (κ1) is 44.4. The monoisotopic (exact) mass is 933 g/mol. The van der Waals surface area contributed by atoms with Crippen LogP contribution in [-0.4, -0.2) is 64.2 Å². The molecule has 0 amide bonds. The van der Waals surface area contributed by atoms with Crippen LogP contribution >= 0.6 is 11.3 Å². The van der Waals surface area contributed by atoms with E-state index in [0.717, 1.165) is 126 Å². The standard InChI is InChI=1S/C58H59N7O3S/c1-26-15-17-35-45-34(18-16-32(25-66)43(26)45)49(60)52(35)63-41-24-39(40(59)23-38(41)30-11-7-5-8-12-30)57-27(2)28(3)58(69-57)48-51(62)50(61)44(31-13-9-6-10-14-31)55-56(48)65-53-36-20-19-33(29(4)67)47-42(68)22-21-37(46(36)47)54(53)64-55/h5-7,9,11,15-20,23,25,29,37,39,41,48-51,53-54,59,67H,8,10,12-14,21-22,24,60-62H2,1-4H3/b44-31+,59-40?,63-52?. The zero-order chi connectivity index (χ0) is 47.7. The Balaban J connectivity index is 0.977.